The van der Waals surface area contributed by atoms with Gasteiger partial charge in [0.25, 0.3) is 0 Å². The Kier molecular flexibility index (Phi) is 5.50. The van der Waals surface area contributed by atoms with Crippen LogP contribution in [0.2, 0.25) is 0 Å². The number of carbonyl (C=O) groups excluding carboxylic acids is 1. The molecule has 6 nitrogen and oxygen atoms in total. The number of thiazole rings is 1. The van der Waals surface area contributed by atoms with Crippen LogP contribution in [0.15, 0.2) is 5.51 Å². The van der Waals surface area contributed by atoms with Crippen LogP contribution in [0.5, 0.6) is 0 Å². The van der Waals surface area contributed by atoms with Crippen molar-refractivity contribution < 1.29 is 14.7 Å². The van der Waals surface area contributed by atoms with Gasteiger partial charge in [-0.05, 0) is 20.3 Å². The van der Waals surface area contributed by atoms with Crippen LogP contribution in [-0.4, -0.2) is 39.6 Å². The van der Waals surface area contributed by atoms with Crippen LogP contribution in [0, 0.1) is 6.92 Å². The lowest BCUT2D eigenvalue weighted by Gasteiger charge is -2.28. The molecule has 0 bridgehead atoms. The Hall–Kier alpha value is -1.63. The van der Waals surface area contributed by atoms with Crippen molar-refractivity contribution in [3.8, 4) is 0 Å². The molecule has 1 aromatic rings. The van der Waals surface area contributed by atoms with Crippen LogP contribution in [0.3, 0.4) is 0 Å². The first-order chi connectivity index (χ1) is 9.30. The highest BCUT2D eigenvalue weighted by molar-refractivity contribution is 7.09. The molecule has 0 saturated heterocycles. The number of carbonyl (C=O) groups is 2. The number of nitrogens with zero attached hydrogens (tertiary/aromatic N) is 2. The number of aliphatic carboxylic acids is 1. The first-order valence-corrected chi connectivity index (χ1v) is 7.33. The Morgan fingerprint density at radius 3 is 2.65 bits per heavy atom. The molecule has 0 aliphatic rings. The molecule has 0 aromatic carbocycles. The Bertz CT molecular complexity index is 489. The lowest BCUT2D eigenvalue weighted by molar-refractivity contribution is -0.144. The Labute approximate surface area is 122 Å². The average Bonchev–Trinajstić information content (AvgIpc) is 2.75. The van der Waals surface area contributed by atoms with Gasteiger partial charge in [-0.3, -0.25) is 0 Å². The summed E-state index contributed by atoms with van der Waals surface area (Å²) in [5.74, 6) is -1.02. The molecule has 2 amide bonds. The van der Waals surface area contributed by atoms with E-state index in [9.17, 15) is 14.7 Å². The number of hydrogen-bond donors (Lipinski definition) is 2. The summed E-state index contributed by atoms with van der Waals surface area (Å²) in [4.78, 5) is 30.0. The van der Waals surface area contributed by atoms with Gasteiger partial charge in [0, 0.05) is 11.9 Å². The number of aromatic nitrogens is 1. The number of rotatable bonds is 6. The molecule has 0 aliphatic carbocycles. The Morgan fingerprint density at radius 2 is 2.20 bits per heavy atom. The number of nitrogens with one attached hydrogen (secondary N) is 1. The van der Waals surface area contributed by atoms with E-state index in [0.717, 1.165) is 10.6 Å². The number of carboxylic acids is 1. The van der Waals surface area contributed by atoms with Crippen molar-refractivity contribution in [3.05, 3.63) is 16.1 Å². The van der Waals surface area contributed by atoms with Crippen LogP contribution in [0.1, 0.15) is 37.3 Å². The van der Waals surface area contributed by atoms with E-state index in [0.29, 0.717) is 19.4 Å². The topological polar surface area (TPSA) is 82.5 Å². The van der Waals surface area contributed by atoms with E-state index in [4.69, 9.17) is 0 Å². The third-order valence-electron chi connectivity index (χ3n) is 3.18. The molecule has 7 heteroatoms. The van der Waals surface area contributed by atoms with Crippen molar-refractivity contribution in [2.24, 2.45) is 0 Å². The van der Waals surface area contributed by atoms with E-state index < -0.39 is 17.5 Å². The van der Waals surface area contributed by atoms with Gasteiger partial charge in [0.15, 0.2) is 0 Å². The summed E-state index contributed by atoms with van der Waals surface area (Å²) >= 11 is 1.48. The minimum atomic E-state index is -1.23. The minimum absolute atomic E-state index is 0.390. The van der Waals surface area contributed by atoms with Gasteiger partial charge in [0.2, 0.25) is 0 Å². The molecule has 1 unspecified atom stereocenters. The van der Waals surface area contributed by atoms with Gasteiger partial charge >= 0.3 is 12.0 Å². The summed E-state index contributed by atoms with van der Waals surface area (Å²) in [5.41, 5.74) is 1.39. The minimum Gasteiger partial charge on any atom is -0.480 e. The summed E-state index contributed by atoms with van der Waals surface area (Å²) in [6.07, 6.45) is 1.07. The Balaban J connectivity index is 2.69. The van der Waals surface area contributed by atoms with Gasteiger partial charge in [0.05, 0.1) is 17.7 Å². The summed E-state index contributed by atoms with van der Waals surface area (Å²) in [5, 5.41) is 11.9. The van der Waals surface area contributed by atoms with Gasteiger partial charge in [-0.1, -0.05) is 13.3 Å². The molecule has 1 heterocycles. The van der Waals surface area contributed by atoms with Crippen LogP contribution < -0.4 is 5.32 Å². The van der Waals surface area contributed by atoms with Crippen molar-refractivity contribution in [1.82, 2.24) is 15.2 Å². The zero-order valence-electron chi connectivity index (χ0n) is 12.3. The summed E-state index contributed by atoms with van der Waals surface area (Å²) in [6.45, 7) is 5.72. The molecule has 1 atom stereocenters. The highest BCUT2D eigenvalue weighted by Crippen LogP contribution is 2.16. The number of aryl methyl sites for hydroxylation is 1. The monoisotopic (exact) mass is 299 g/mol. The first kappa shape index (κ1) is 16.4. The second-order valence-corrected chi connectivity index (χ2v) is 5.97. The molecule has 0 fully saturated rings. The second-order valence-electron chi connectivity index (χ2n) is 5.03. The maximum absolute atomic E-state index is 12.1. The quantitative estimate of drug-likeness (QED) is 0.844. The van der Waals surface area contributed by atoms with Crippen molar-refractivity contribution in [3.63, 3.8) is 0 Å². The maximum atomic E-state index is 12.1. The molecule has 0 radical (unpaired) electrons. The Morgan fingerprint density at radius 1 is 1.55 bits per heavy atom. The number of carboxylic acid groups (broad SMARTS) is 1. The average molecular weight is 299 g/mol. The molecule has 20 heavy (non-hydrogen) atoms. The van der Waals surface area contributed by atoms with Crippen molar-refractivity contribution in [1.29, 1.82) is 0 Å². The molecule has 0 spiro atoms. The van der Waals surface area contributed by atoms with E-state index in [1.165, 1.54) is 23.2 Å². The summed E-state index contributed by atoms with van der Waals surface area (Å²) in [7, 11) is 1.64. The fourth-order valence-corrected chi connectivity index (χ4v) is 2.65. The van der Waals surface area contributed by atoms with Crippen molar-refractivity contribution >= 4 is 23.3 Å². The van der Waals surface area contributed by atoms with Crippen LogP contribution in [0.4, 0.5) is 4.79 Å². The largest absolute Gasteiger partial charge is 0.480 e. The highest BCUT2D eigenvalue weighted by atomic mass is 32.1. The van der Waals surface area contributed by atoms with E-state index in [2.05, 4.69) is 10.3 Å². The number of amides is 2. The predicted octanol–water partition coefficient (Wildman–Crippen LogP) is 2.24. The smallest absolute Gasteiger partial charge is 0.329 e. The normalized spacial score (nSPS) is 13.6. The van der Waals surface area contributed by atoms with Gasteiger partial charge in [0.1, 0.15) is 5.54 Å². The third kappa shape index (κ3) is 3.93. The standard InChI is InChI=1S/C13H21N3O3S/c1-5-6-13(3,11(17)18)15-12(19)16(4)7-10-9(2)14-8-20-10/h8H,5-7H2,1-4H3,(H,15,19)(H,17,18). The molecular formula is C13H21N3O3S. The number of hydrogen-bond acceptors (Lipinski definition) is 4. The van der Waals surface area contributed by atoms with Crippen molar-refractivity contribution in [2.45, 2.75) is 45.7 Å². The molecule has 0 saturated carbocycles. The van der Waals surface area contributed by atoms with Crippen LogP contribution in [0.25, 0.3) is 0 Å². The highest BCUT2D eigenvalue weighted by Gasteiger charge is 2.34. The van der Waals surface area contributed by atoms with Gasteiger partial charge in [-0.25, -0.2) is 14.6 Å². The van der Waals surface area contributed by atoms with Crippen molar-refractivity contribution in [2.75, 3.05) is 7.05 Å². The van der Waals surface area contributed by atoms with Gasteiger partial charge < -0.3 is 15.3 Å². The molecule has 0 aliphatic heterocycles. The fourth-order valence-electron chi connectivity index (χ4n) is 1.82. The lowest BCUT2D eigenvalue weighted by Crippen LogP contribution is -2.55. The number of urea groups is 1. The summed E-state index contributed by atoms with van der Waals surface area (Å²) < 4.78 is 0. The van der Waals surface area contributed by atoms with Crippen LogP contribution >= 0.6 is 11.3 Å². The zero-order valence-corrected chi connectivity index (χ0v) is 13.1. The van der Waals surface area contributed by atoms with E-state index >= 15 is 0 Å². The predicted molar refractivity (Wildman–Crippen MR) is 77.8 cm³/mol. The van der Waals surface area contributed by atoms with E-state index in [1.807, 2.05) is 13.8 Å². The maximum Gasteiger partial charge on any atom is 0.329 e. The zero-order chi connectivity index (χ0) is 15.3. The fraction of sp³-hybridized carbons (Fsp3) is 0.615. The lowest BCUT2D eigenvalue weighted by atomic mass is 9.96. The molecule has 112 valence electrons. The summed E-state index contributed by atoms with van der Waals surface area (Å²) in [6, 6.07) is -0.392. The third-order valence-corrected chi connectivity index (χ3v) is 4.10. The molecule has 2 N–H and O–H groups in total. The van der Waals surface area contributed by atoms with Crippen LogP contribution in [-0.2, 0) is 11.3 Å². The molecule has 1 aromatic heterocycles. The SMILES string of the molecule is CCCC(C)(NC(=O)N(C)Cc1scnc1C)C(=O)O. The van der Waals surface area contributed by atoms with Gasteiger partial charge in [-0.15, -0.1) is 11.3 Å². The van der Waals surface area contributed by atoms with E-state index in [1.54, 1.807) is 12.6 Å². The molecular weight excluding hydrogens is 278 g/mol. The second kappa shape index (κ2) is 6.69. The van der Waals surface area contributed by atoms with E-state index in [-0.39, 0.29) is 0 Å². The first-order valence-electron chi connectivity index (χ1n) is 6.45. The molecule has 1 rings (SSSR count). The van der Waals surface area contributed by atoms with Gasteiger partial charge in [-0.2, -0.15) is 0 Å².